The molecule has 5 aromatic rings. The molecule has 6 rings (SSSR count). The number of imidazole rings is 1. The van der Waals surface area contributed by atoms with Crippen molar-refractivity contribution in [3.05, 3.63) is 72.2 Å². The average Bonchev–Trinajstić information content (AvgIpc) is 3.56. The maximum absolute atomic E-state index is 15.1. The van der Waals surface area contributed by atoms with Crippen LogP contribution in [0.1, 0.15) is 24.2 Å². The van der Waals surface area contributed by atoms with Gasteiger partial charge in [-0.25, -0.2) is 28.7 Å². The van der Waals surface area contributed by atoms with E-state index in [-0.39, 0.29) is 23.7 Å². The Morgan fingerprint density at radius 3 is 2.79 bits per heavy atom. The van der Waals surface area contributed by atoms with E-state index >= 15 is 4.39 Å². The number of halogens is 2. The van der Waals surface area contributed by atoms with Crippen molar-refractivity contribution in [2.45, 2.75) is 24.9 Å². The van der Waals surface area contributed by atoms with E-state index in [2.05, 4.69) is 24.8 Å². The summed E-state index contributed by atoms with van der Waals surface area (Å²) in [4.78, 5) is 24.1. The molecule has 0 bridgehead atoms. The van der Waals surface area contributed by atoms with Gasteiger partial charge in [0.1, 0.15) is 27.7 Å². The largest absolute Gasteiger partial charge is 0.494 e. The maximum atomic E-state index is 15.1. The second-order valence-electron chi connectivity index (χ2n) is 9.44. The second-order valence-corrected chi connectivity index (χ2v) is 10.4. The second kappa shape index (κ2) is 9.82. The molecule has 1 aliphatic heterocycles. The Kier molecular flexibility index (Phi) is 6.31. The first kappa shape index (κ1) is 25.1. The van der Waals surface area contributed by atoms with Gasteiger partial charge in [-0.15, -0.1) is 0 Å². The number of nitrogens with two attached hydrogens (primary N) is 2. The van der Waals surface area contributed by atoms with Crippen LogP contribution in [0.5, 0.6) is 5.75 Å². The van der Waals surface area contributed by atoms with E-state index in [4.69, 9.17) is 21.2 Å². The zero-order valence-electron chi connectivity index (χ0n) is 21.0. The van der Waals surface area contributed by atoms with E-state index in [0.29, 0.717) is 28.4 Å². The molecule has 1 atom stereocenters. The fourth-order valence-corrected chi connectivity index (χ4v) is 6.08. The molecule has 4 aromatic heterocycles. The van der Waals surface area contributed by atoms with Crippen molar-refractivity contribution in [1.82, 2.24) is 29.5 Å². The molecule has 1 aliphatic rings. The van der Waals surface area contributed by atoms with Crippen LogP contribution in [-0.2, 0) is 12.1 Å². The van der Waals surface area contributed by atoms with Crippen molar-refractivity contribution in [3.8, 4) is 16.3 Å². The fraction of sp³-hybridized carbons (Fsp3) is 0.269. The fourth-order valence-electron chi connectivity index (χ4n) is 4.96. The highest BCUT2D eigenvalue weighted by Gasteiger charge is 2.36. The van der Waals surface area contributed by atoms with Gasteiger partial charge in [0.05, 0.1) is 36.9 Å². The van der Waals surface area contributed by atoms with Gasteiger partial charge in [-0.1, -0.05) is 17.4 Å². The van der Waals surface area contributed by atoms with Gasteiger partial charge in [0.2, 0.25) is 0 Å². The quantitative estimate of drug-likeness (QED) is 0.325. The maximum Gasteiger partial charge on any atom is 0.165 e. The molecule has 1 unspecified atom stereocenters. The van der Waals surface area contributed by atoms with Crippen LogP contribution in [0.4, 0.5) is 19.6 Å². The highest BCUT2D eigenvalue weighted by Crippen LogP contribution is 2.41. The number of piperidine rings is 1. The molecule has 0 aliphatic carbocycles. The van der Waals surface area contributed by atoms with Crippen molar-refractivity contribution in [1.29, 1.82) is 0 Å². The summed E-state index contributed by atoms with van der Waals surface area (Å²) in [7, 11) is 1.29. The Hall–Kier alpha value is -4.23. The van der Waals surface area contributed by atoms with Crippen LogP contribution in [0.25, 0.3) is 21.7 Å². The van der Waals surface area contributed by atoms with Crippen molar-refractivity contribution in [2.24, 2.45) is 5.73 Å². The Morgan fingerprint density at radius 1 is 1.13 bits per heavy atom. The van der Waals surface area contributed by atoms with Gasteiger partial charge >= 0.3 is 0 Å². The number of pyridine rings is 1. The van der Waals surface area contributed by atoms with Gasteiger partial charge in [0.15, 0.2) is 23.0 Å². The molecule has 0 radical (unpaired) electrons. The summed E-state index contributed by atoms with van der Waals surface area (Å²) in [5.41, 5.74) is 14.7. The predicted molar refractivity (Wildman–Crippen MR) is 144 cm³/mol. The summed E-state index contributed by atoms with van der Waals surface area (Å²) in [6.45, 7) is 1.48. The summed E-state index contributed by atoms with van der Waals surface area (Å²) in [6.07, 6.45) is 6.31. The number of fused-ring (bicyclic) bond motifs is 1. The van der Waals surface area contributed by atoms with E-state index in [1.165, 1.54) is 24.8 Å². The Bertz CT molecular complexity index is 1660. The van der Waals surface area contributed by atoms with Crippen LogP contribution in [0.2, 0.25) is 0 Å². The Morgan fingerprint density at radius 2 is 2.00 bits per heavy atom. The number of aromatic nitrogens is 6. The van der Waals surface area contributed by atoms with Crippen molar-refractivity contribution >= 4 is 33.3 Å². The molecule has 13 heteroatoms. The number of anilines is 2. The monoisotopic (exact) mass is 549 g/mol. The zero-order chi connectivity index (χ0) is 27.1. The number of rotatable bonds is 6. The molecule has 5 heterocycles. The number of nitrogen functional groups attached to an aromatic ring is 1. The minimum Gasteiger partial charge on any atom is -0.494 e. The van der Waals surface area contributed by atoms with Crippen LogP contribution in [-0.4, -0.2) is 49.7 Å². The SMILES string of the molecule is COc1cc(F)c(-c2nc(Cn3cnc4c(N)ncnc43)c(N3CCCC(N)(c4ccccn4)C3)s2)cc1F. The van der Waals surface area contributed by atoms with Gasteiger partial charge < -0.3 is 25.7 Å². The van der Waals surface area contributed by atoms with Gasteiger partial charge in [0.25, 0.3) is 0 Å². The van der Waals surface area contributed by atoms with Gasteiger partial charge in [-0.2, -0.15) is 0 Å². The van der Waals surface area contributed by atoms with Crippen LogP contribution in [0.15, 0.2) is 49.2 Å². The minimum absolute atomic E-state index is 0.0496. The lowest BCUT2D eigenvalue weighted by Gasteiger charge is -2.40. The molecular formula is C26H25F2N9OS. The third kappa shape index (κ3) is 4.53. The summed E-state index contributed by atoms with van der Waals surface area (Å²) >= 11 is 1.28. The first-order valence-electron chi connectivity index (χ1n) is 12.3. The highest BCUT2D eigenvalue weighted by atomic mass is 32.1. The lowest BCUT2D eigenvalue weighted by atomic mass is 9.86. The lowest BCUT2D eigenvalue weighted by Crippen LogP contribution is -2.52. The van der Waals surface area contributed by atoms with Gasteiger partial charge in [-0.3, -0.25) is 4.98 Å². The van der Waals surface area contributed by atoms with Gasteiger partial charge in [-0.05, 0) is 31.0 Å². The number of benzene rings is 1. The van der Waals surface area contributed by atoms with E-state index in [0.717, 1.165) is 42.2 Å². The molecular weight excluding hydrogens is 524 g/mol. The summed E-state index contributed by atoms with van der Waals surface area (Å²) in [5.74, 6) is -1.20. The third-order valence-electron chi connectivity index (χ3n) is 6.88. The van der Waals surface area contributed by atoms with Crippen LogP contribution in [0, 0.1) is 11.6 Å². The molecule has 4 N–H and O–H groups in total. The zero-order valence-corrected chi connectivity index (χ0v) is 21.8. The molecule has 0 saturated carbocycles. The number of hydrogen-bond donors (Lipinski definition) is 2. The normalized spacial score (nSPS) is 17.6. The lowest BCUT2D eigenvalue weighted by molar-refractivity contribution is 0.346. The first-order valence-corrected chi connectivity index (χ1v) is 13.1. The molecule has 1 aromatic carbocycles. The van der Waals surface area contributed by atoms with Crippen molar-refractivity contribution in [3.63, 3.8) is 0 Å². The molecule has 1 saturated heterocycles. The standard InChI is InChI=1S/C26H25F2N9OS/c1-38-19-10-16(27)15(9-17(19)28)24-35-18(11-37-14-34-21-22(29)32-13-33-23(21)37)25(39-24)36-8-4-6-26(30,12-36)20-5-2-3-7-31-20/h2-3,5,7,9-10,13-14H,4,6,8,11-12,30H2,1H3,(H2,29,32,33). The predicted octanol–water partition coefficient (Wildman–Crippen LogP) is 3.72. The molecule has 0 amide bonds. The van der Waals surface area contributed by atoms with E-state index in [1.807, 2.05) is 18.2 Å². The van der Waals surface area contributed by atoms with E-state index in [1.54, 1.807) is 17.1 Å². The average molecular weight is 550 g/mol. The van der Waals surface area contributed by atoms with E-state index in [9.17, 15) is 4.39 Å². The van der Waals surface area contributed by atoms with Crippen molar-refractivity contribution < 1.29 is 13.5 Å². The topological polar surface area (TPSA) is 134 Å². The first-order chi connectivity index (χ1) is 18.9. The van der Waals surface area contributed by atoms with E-state index < -0.39 is 17.2 Å². The van der Waals surface area contributed by atoms with Crippen LogP contribution >= 0.6 is 11.3 Å². The molecule has 39 heavy (non-hydrogen) atoms. The number of methoxy groups -OCH3 is 1. The number of thiazole rings is 1. The highest BCUT2D eigenvalue weighted by molar-refractivity contribution is 7.19. The summed E-state index contributed by atoms with van der Waals surface area (Å²) in [6, 6.07) is 7.85. The smallest absolute Gasteiger partial charge is 0.165 e. The van der Waals surface area contributed by atoms with Crippen LogP contribution < -0.4 is 21.1 Å². The molecule has 10 nitrogen and oxygen atoms in total. The molecule has 1 fully saturated rings. The number of ether oxygens (including phenoxy) is 1. The number of nitrogens with zero attached hydrogens (tertiary/aromatic N) is 7. The number of hydrogen-bond acceptors (Lipinski definition) is 10. The third-order valence-corrected chi connectivity index (χ3v) is 8.08. The Labute approximate surface area is 226 Å². The summed E-state index contributed by atoms with van der Waals surface area (Å²) < 4.78 is 36.4. The van der Waals surface area contributed by atoms with Crippen LogP contribution in [0.3, 0.4) is 0 Å². The molecule has 0 spiro atoms. The minimum atomic E-state index is -0.679. The molecule has 200 valence electrons. The van der Waals surface area contributed by atoms with Gasteiger partial charge in [0, 0.05) is 30.9 Å². The Balaban J connectivity index is 1.44. The summed E-state index contributed by atoms with van der Waals surface area (Å²) in [5, 5.41) is 1.14. The van der Waals surface area contributed by atoms with Crippen molar-refractivity contribution in [2.75, 3.05) is 30.8 Å².